The van der Waals surface area contributed by atoms with E-state index in [0.717, 1.165) is 12.5 Å². The smallest absolute Gasteiger partial charge is 0.293 e. The van der Waals surface area contributed by atoms with Crippen LogP contribution >= 0.6 is 0 Å². The minimum Gasteiger partial charge on any atom is -0.383 e. The van der Waals surface area contributed by atoms with Gasteiger partial charge in [-0.3, -0.25) is 10.1 Å². The first kappa shape index (κ1) is 17.4. The first-order chi connectivity index (χ1) is 9.72. The van der Waals surface area contributed by atoms with E-state index in [1.54, 1.807) is 14.0 Å². The highest BCUT2D eigenvalue weighted by molar-refractivity contribution is 7.89. The molecule has 7 nitrogen and oxygen atoms in total. The number of sulfonamides is 1. The molecule has 0 spiro atoms. The first-order valence-corrected chi connectivity index (χ1v) is 8.19. The topological polar surface area (TPSA) is 101 Å². The molecule has 0 radical (unpaired) electrons. The zero-order valence-electron chi connectivity index (χ0n) is 12.6. The SMILES string of the molecule is CCC(C)C(C)NS(=O)(=O)c1ccc(NC)c([N+](=O)[O-])c1. The van der Waals surface area contributed by atoms with E-state index in [4.69, 9.17) is 0 Å². The van der Waals surface area contributed by atoms with Crippen LogP contribution in [0.5, 0.6) is 0 Å². The molecule has 0 amide bonds. The van der Waals surface area contributed by atoms with Crippen molar-refractivity contribution in [1.82, 2.24) is 4.72 Å². The van der Waals surface area contributed by atoms with Gasteiger partial charge in [0.1, 0.15) is 5.69 Å². The Kier molecular flexibility index (Phi) is 5.68. The van der Waals surface area contributed by atoms with Gasteiger partial charge in [0, 0.05) is 19.2 Å². The Hall–Kier alpha value is -1.67. The highest BCUT2D eigenvalue weighted by Crippen LogP contribution is 2.27. The molecular formula is C13H21N3O4S. The van der Waals surface area contributed by atoms with Crippen LogP contribution in [0.1, 0.15) is 27.2 Å². The summed E-state index contributed by atoms with van der Waals surface area (Å²) in [4.78, 5) is 10.3. The van der Waals surface area contributed by atoms with Gasteiger partial charge in [0.25, 0.3) is 5.69 Å². The standard InChI is InChI=1S/C13H21N3O4S/c1-5-9(2)10(3)15-21(19,20)11-6-7-12(14-4)13(8-11)16(17)18/h6-10,14-15H,5H2,1-4H3. The van der Waals surface area contributed by atoms with Crippen LogP contribution in [-0.4, -0.2) is 26.4 Å². The molecule has 0 aromatic heterocycles. The zero-order valence-corrected chi connectivity index (χ0v) is 13.4. The highest BCUT2D eigenvalue weighted by atomic mass is 32.2. The fourth-order valence-electron chi connectivity index (χ4n) is 1.82. The number of rotatable bonds is 7. The Bertz CT molecular complexity index is 616. The van der Waals surface area contributed by atoms with Crippen LogP contribution < -0.4 is 10.0 Å². The van der Waals surface area contributed by atoms with Crippen LogP contribution in [0.2, 0.25) is 0 Å². The van der Waals surface area contributed by atoms with Gasteiger partial charge in [-0.2, -0.15) is 0 Å². The van der Waals surface area contributed by atoms with Gasteiger partial charge < -0.3 is 5.32 Å². The molecule has 21 heavy (non-hydrogen) atoms. The Morgan fingerprint density at radius 2 is 1.95 bits per heavy atom. The third-order valence-corrected chi connectivity index (χ3v) is 5.14. The second-order valence-corrected chi connectivity index (χ2v) is 6.70. The normalized spacial score (nSPS) is 14.5. The van der Waals surface area contributed by atoms with E-state index >= 15 is 0 Å². The zero-order chi connectivity index (χ0) is 16.2. The summed E-state index contributed by atoms with van der Waals surface area (Å²) in [6.07, 6.45) is 0.836. The second-order valence-electron chi connectivity index (χ2n) is 4.98. The van der Waals surface area contributed by atoms with Gasteiger partial charge in [0.05, 0.1) is 9.82 Å². The minimum absolute atomic E-state index is 0.108. The average molecular weight is 315 g/mol. The van der Waals surface area contributed by atoms with Crippen LogP contribution in [0.4, 0.5) is 11.4 Å². The fraction of sp³-hybridized carbons (Fsp3) is 0.538. The summed E-state index contributed by atoms with van der Waals surface area (Å²) in [6, 6.07) is 3.56. The Labute approximate surface area is 124 Å². The Morgan fingerprint density at radius 1 is 1.33 bits per heavy atom. The molecule has 8 heteroatoms. The lowest BCUT2D eigenvalue weighted by molar-refractivity contribution is -0.384. The summed E-state index contributed by atoms with van der Waals surface area (Å²) < 4.78 is 27.1. The van der Waals surface area contributed by atoms with Crippen molar-refractivity contribution in [1.29, 1.82) is 0 Å². The Morgan fingerprint density at radius 3 is 2.43 bits per heavy atom. The van der Waals surface area contributed by atoms with E-state index < -0.39 is 14.9 Å². The van der Waals surface area contributed by atoms with Crippen LogP contribution in [0, 0.1) is 16.0 Å². The van der Waals surface area contributed by atoms with Crippen molar-refractivity contribution in [3.05, 3.63) is 28.3 Å². The third kappa shape index (κ3) is 4.15. The molecule has 0 aliphatic heterocycles. The number of nitrogens with zero attached hydrogens (tertiary/aromatic N) is 1. The Balaban J connectivity index is 3.15. The summed E-state index contributed by atoms with van der Waals surface area (Å²) in [5.41, 5.74) is 0.00509. The predicted octanol–water partition coefficient (Wildman–Crippen LogP) is 2.35. The van der Waals surface area contributed by atoms with Gasteiger partial charge in [0.15, 0.2) is 0 Å². The van der Waals surface area contributed by atoms with Gasteiger partial charge in [0.2, 0.25) is 10.0 Å². The number of anilines is 1. The van der Waals surface area contributed by atoms with Crippen LogP contribution in [0.15, 0.2) is 23.1 Å². The number of hydrogen-bond acceptors (Lipinski definition) is 5. The molecule has 1 aromatic rings. The minimum atomic E-state index is -3.78. The van der Waals surface area contributed by atoms with Gasteiger partial charge >= 0.3 is 0 Å². The maximum absolute atomic E-state index is 12.3. The molecule has 2 atom stereocenters. The summed E-state index contributed by atoms with van der Waals surface area (Å²) >= 11 is 0. The lowest BCUT2D eigenvalue weighted by atomic mass is 10.0. The summed E-state index contributed by atoms with van der Waals surface area (Å²) in [6.45, 7) is 5.70. The molecule has 1 aromatic carbocycles. The molecule has 0 bridgehead atoms. The van der Waals surface area contributed by atoms with Crippen LogP contribution in [-0.2, 0) is 10.0 Å². The van der Waals surface area contributed by atoms with E-state index in [1.165, 1.54) is 12.1 Å². The second kappa shape index (κ2) is 6.86. The van der Waals surface area contributed by atoms with Crippen molar-refractivity contribution in [2.45, 2.75) is 38.1 Å². The fourth-order valence-corrected chi connectivity index (χ4v) is 3.20. The van der Waals surface area contributed by atoms with E-state index in [2.05, 4.69) is 10.0 Å². The average Bonchev–Trinajstić information content (AvgIpc) is 2.44. The lowest BCUT2D eigenvalue weighted by Crippen LogP contribution is -2.36. The molecule has 2 unspecified atom stereocenters. The molecule has 0 fully saturated rings. The number of nitrogens with one attached hydrogen (secondary N) is 2. The van der Waals surface area contributed by atoms with E-state index in [0.29, 0.717) is 0 Å². The lowest BCUT2D eigenvalue weighted by Gasteiger charge is -2.19. The van der Waals surface area contributed by atoms with Gasteiger partial charge in [-0.1, -0.05) is 20.3 Å². The van der Waals surface area contributed by atoms with Crippen molar-refractivity contribution in [2.75, 3.05) is 12.4 Å². The summed E-state index contributed by atoms with van der Waals surface area (Å²) in [7, 11) is -2.24. The van der Waals surface area contributed by atoms with Crippen molar-refractivity contribution in [2.24, 2.45) is 5.92 Å². The number of benzene rings is 1. The number of nitro groups is 1. The van der Waals surface area contributed by atoms with E-state index in [9.17, 15) is 18.5 Å². The van der Waals surface area contributed by atoms with Crippen molar-refractivity contribution in [3.8, 4) is 0 Å². The molecule has 0 aliphatic carbocycles. The molecule has 118 valence electrons. The van der Waals surface area contributed by atoms with E-state index in [-0.39, 0.29) is 28.2 Å². The van der Waals surface area contributed by atoms with Crippen LogP contribution in [0.3, 0.4) is 0 Å². The monoisotopic (exact) mass is 315 g/mol. The molecule has 0 saturated carbocycles. The van der Waals surface area contributed by atoms with Gasteiger partial charge in [-0.15, -0.1) is 0 Å². The van der Waals surface area contributed by atoms with Crippen LogP contribution in [0.25, 0.3) is 0 Å². The molecular weight excluding hydrogens is 294 g/mol. The predicted molar refractivity (Wildman–Crippen MR) is 81.9 cm³/mol. The molecule has 0 heterocycles. The van der Waals surface area contributed by atoms with E-state index in [1.807, 2.05) is 13.8 Å². The maximum atomic E-state index is 12.3. The summed E-state index contributed by atoms with van der Waals surface area (Å²) in [5.74, 6) is 0.173. The number of hydrogen-bond donors (Lipinski definition) is 2. The molecule has 0 saturated heterocycles. The van der Waals surface area contributed by atoms with Crippen molar-refractivity contribution < 1.29 is 13.3 Å². The first-order valence-electron chi connectivity index (χ1n) is 6.71. The van der Waals surface area contributed by atoms with Gasteiger partial charge in [-0.05, 0) is 25.0 Å². The third-order valence-electron chi connectivity index (χ3n) is 3.58. The van der Waals surface area contributed by atoms with Gasteiger partial charge in [-0.25, -0.2) is 13.1 Å². The summed E-state index contributed by atoms with van der Waals surface area (Å²) in [5, 5.41) is 13.7. The quantitative estimate of drug-likeness (QED) is 0.594. The van der Waals surface area contributed by atoms with Crippen molar-refractivity contribution >= 4 is 21.4 Å². The largest absolute Gasteiger partial charge is 0.383 e. The maximum Gasteiger partial charge on any atom is 0.293 e. The highest BCUT2D eigenvalue weighted by Gasteiger charge is 2.24. The van der Waals surface area contributed by atoms with Crippen molar-refractivity contribution in [3.63, 3.8) is 0 Å². The molecule has 0 aliphatic rings. The number of nitro benzene ring substituents is 1. The molecule has 2 N–H and O–H groups in total. The molecule has 1 rings (SSSR count).